The first-order valence-electron chi connectivity index (χ1n) is 7.32. The van der Waals surface area contributed by atoms with Gasteiger partial charge in [-0.1, -0.05) is 29.8 Å². The molecule has 0 bridgehead atoms. The molecule has 25 heavy (non-hydrogen) atoms. The van der Waals surface area contributed by atoms with Crippen molar-refractivity contribution in [1.82, 2.24) is 20.6 Å². The van der Waals surface area contributed by atoms with Crippen LogP contribution in [0, 0.1) is 0 Å². The predicted octanol–water partition coefficient (Wildman–Crippen LogP) is 4.22. The highest BCUT2D eigenvalue weighted by Crippen LogP contribution is 2.45. The fraction of sp³-hybridized carbons (Fsp3) is 0.188. The summed E-state index contributed by atoms with van der Waals surface area (Å²) in [7, 11) is 0. The van der Waals surface area contributed by atoms with E-state index in [1.807, 2.05) is 24.3 Å². The van der Waals surface area contributed by atoms with Crippen molar-refractivity contribution in [1.29, 1.82) is 0 Å². The molecule has 1 atom stereocenters. The third-order valence-electron chi connectivity index (χ3n) is 3.99. The largest absolute Gasteiger partial charge is 0.484 e. The highest BCUT2D eigenvalue weighted by molar-refractivity contribution is 6.32. The van der Waals surface area contributed by atoms with E-state index < -0.39 is 17.8 Å². The molecular formula is C16H10ClF3N4O. The molecule has 0 aliphatic carbocycles. The van der Waals surface area contributed by atoms with Gasteiger partial charge in [-0.15, -0.1) is 5.10 Å². The molecule has 0 saturated heterocycles. The van der Waals surface area contributed by atoms with Gasteiger partial charge in [0.25, 0.3) is 0 Å². The van der Waals surface area contributed by atoms with Gasteiger partial charge in [-0.3, -0.25) is 0 Å². The van der Waals surface area contributed by atoms with Crippen molar-refractivity contribution in [3.63, 3.8) is 0 Å². The maximum absolute atomic E-state index is 12.9. The van der Waals surface area contributed by atoms with E-state index in [2.05, 4.69) is 20.6 Å². The summed E-state index contributed by atoms with van der Waals surface area (Å²) in [6.45, 7) is 0. The van der Waals surface area contributed by atoms with Gasteiger partial charge in [0, 0.05) is 17.5 Å². The lowest BCUT2D eigenvalue weighted by molar-refractivity contribution is -0.137. The fourth-order valence-electron chi connectivity index (χ4n) is 2.83. The standard InChI is InChI=1S/C16H10ClF3N4O/c17-12-7-11(16(18,19)20)5-10-6-13(25-14(10)12)8-2-1-3-9(4-8)15-21-23-24-22-15/h1-5,7,13H,6H2,(H,21,22,23,24). The molecule has 1 unspecified atom stereocenters. The number of ether oxygens (including phenoxy) is 1. The summed E-state index contributed by atoms with van der Waals surface area (Å²) < 4.78 is 44.6. The zero-order valence-electron chi connectivity index (χ0n) is 12.5. The molecule has 3 aromatic rings. The summed E-state index contributed by atoms with van der Waals surface area (Å²) in [6, 6.07) is 9.27. The molecule has 1 aromatic heterocycles. The Morgan fingerprint density at radius 2 is 2.04 bits per heavy atom. The van der Waals surface area contributed by atoms with Crippen LogP contribution in [0.15, 0.2) is 36.4 Å². The van der Waals surface area contributed by atoms with Gasteiger partial charge in [-0.2, -0.15) is 13.2 Å². The first-order valence-corrected chi connectivity index (χ1v) is 7.70. The second kappa shape index (κ2) is 5.73. The summed E-state index contributed by atoms with van der Waals surface area (Å²) in [5.41, 5.74) is 1.22. The summed E-state index contributed by atoms with van der Waals surface area (Å²) in [6.07, 6.45) is -4.57. The van der Waals surface area contributed by atoms with E-state index >= 15 is 0 Å². The number of alkyl halides is 3. The lowest BCUT2D eigenvalue weighted by atomic mass is 10.0. The third kappa shape index (κ3) is 2.93. The van der Waals surface area contributed by atoms with Crippen molar-refractivity contribution in [2.24, 2.45) is 0 Å². The van der Waals surface area contributed by atoms with Crippen LogP contribution < -0.4 is 4.74 Å². The Labute approximate surface area is 144 Å². The van der Waals surface area contributed by atoms with Gasteiger partial charge in [0.2, 0.25) is 0 Å². The van der Waals surface area contributed by atoms with E-state index in [1.54, 1.807) is 0 Å². The second-order valence-corrected chi connectivity index (χ2v) is 6.04. The summed E-state index contributed by atoms with van der Waals surface area (Å²) in [4.78, 5) is 0. The van der Waals surface area contributed by atoms with Crippen molar-refractivity contribution in [3.8, 4) is 17.1 Å². The Morgan fingerprint density at radius 3 is 2.76 bits per heavy atom. The topological polar surface area (TPSA) is 63.7 Å². The maximum Gasteiger partial charge on any atom is 0.416 e. The smallest absolute Gasteiger partial charge is 0.416 e. The average Bonchev–Trinajstić information content (AvgIpc) is 3.24. The van der Waals surface area contributed by atoms with Gasteiger partial charge in [-0.05, 0) is 34.2 Å². The molecule has 9 heteroatoms. The van der Waals surface area contributed by atoms with Crippen LogP contribution in [-0.2, 0) is 12.6 Å². The van der Waals surface area contributed by atoms with E-state index in [0.717, 1.165) is 23.3 Å². The molecule has 2 aromatic carbocycles. The Balaban J connectivity index is 1.66. The van der Waals surface area contributed by atoms with Crippen LogP contribution in [0.3, 0.4) is 0 Å². The average molecular weight is 367 g/mol. The van der Waals surface area contributed by atoms with E-state index in [9.17, 15) is 13.2 Å². The molecule has 2 heterocycles. The Bertz CT molecular complexity index is 928. The number of rotatable bonds is 2. The highest BCUT2D eigenvalue weighted by Gasteiger charge is 2.35. The molecule has 128 valence electrons. The number of aromatic amines is 1. The van der Waals surface area contributed by atoms with Crippen LogP contribution in [-0.4, -0.2) is 20.6 Å². The normalized spacial score (nSPS) is 16.6. The number of halogens is 4. The number of benzene rings is 2. The third-order valence-corrected chi connectivity index (χ3v) is 4.27. The molecule has 1 aliphatic rings. The van der Waals surface area contributed by atoms with Crippen molar-refractivity contribution >= 4 is 11.6 Å². The number of nitrogens with one attached hydrogen (secondary N) is 1. The minimum absolute atomic E-state index is 0.0390. The first kappa shape index (κ1) is 15.9. The van der Waals surface area contributed by atoms with Crippen LogP contribution in [0.25, 0.3) is 11.4 Å². The van der Waals surface area contributed by atoms with Crippen LogP contribution in [0.5, 0.6) is 5.75 Å². The predicted molar refractivity (Wildman–Crippen MR) is 83.1 cm³/mol. The van der Waals surface area contributed by atoms with Crippen molar-refractivity contribution in [2.45, 2.75) is 18.7 Å². The number of fused-ring (bicyclic) bond motifs is 1. The molecular weight excluding hydrogens is 357 g/mol. The maximum atomic E-state index is 12.9. The Kier molecular flexibility index (Phi) is 3.64. The number of nitrogens with zero attached hydrogens (tertiary/aromatic N) is 3. The van der Waals surface area contributed by atoms with Crippen LogP contribution in [0.2, 0.25) is 5.02 Å². The van der Waals surface area contributed by atoms with E-state index in [1.165, 1.54) is 0 Å². The molecule has 0 radical (unpaired) electrons. The van der Waals surface area contributed by atoms with E-state index in [4.69, 9.17) is 16.3 Å². The van der Waals surface area contributed by atoms with Gasteiger partial charge in [0.05, 0.1) is 10.6 Å². The molecule has 0 fully saturated rings. The molecule has 0 amide bonds. The number of tetrazole rings is 1. The van der Waals surface area contributed by atoms with Gasteiger partial charge >= 0.3 is 6.18 Å². The SMILES string of the molecule is FC(F)(F)c1cc(Cl)c2c(c1)CC(c1cccc(-c3nnn[nH]3)c1)O2. The Hall–Kier alpha value is -2.61. The van der Waals surface area contributed by atoms with E-state index in [-0.39, 0.29) is 5.02 Å². The molecule has 1 N–H and O–H groups in total. The summed E-state index contributed by atoms with van der Waals surface area (Å²) in [5, 5.41) is 13.5. The van der Waals surface area contributed by atoms with Gasteiger partial charge < -0.3 is 4.74 Å². The zero-order chi connectivity index (χ0) is 17.6. The molecule has 0 saturated carbocycles. The van der Waals surface area contributed by atoms with Gasteiger partial charge in [0.15, 0.2) is 5.82 Å². The molecule has 1 aliphatic heterocycles. The van der Waals surface area contributed by atoms with Crippen LogP contribution >= 0.6 is 11.6 Å². The van der Waals surface area contributed by atoms with Gasteiger partial charge in [0.1, 0.15) is 11.9 Å². The van der Waals surface area contributed by atoms with Gasteiger partial charge in [-0.25, -0.2) is 5.10 Å². The minimum Gasteiger partial charge on any atom is -0.484 e. The number of H-pyrrole nitrogens is 1. The lowest BCUT2D eigenvalue weighted by Gasteiger charge is -2.12. The molecule has 5 nitrogen and oxygen atoms in total. The zero-order valence-corrected chi connectivity index (χ0v) is 13.3. The van der Waals surface area contributed by atoms with Crippen molar-refractivity contribution < 1.29 is 17.9 Å². The quantitative estimate of drug-likeness (QED) is 0.737. The Morgan fingerprint density at radius 1 is 1.20 bits per heavy atom. The van der Waals surface area contributed by atoms with E-state index in [0.29, 0.717) is 23.6 Å². The van der Waals surface area contributed by atoms with Crippen molar-refractivity contribution in [3.05, 3.63) is 58.1 Å². The second-order valence-electron chi connectivity index (χ2n) is 5.63. The van der Waals surface area contributed by atoms with Crippen LogP contribution in [0.1, 0.15) is 22.8 Å². The number of aromatic nitrogens is 4. The molecule has 4 rings (SSSR count). The highest BCUT2D eigenvalue weighted by atomic mass is 35.5. The minimum atomic E-state index is -4.45. The summed E-state index contributed by atoms with van der Waals surface area (Å²) >= 11 is 5.99. The molecule has 0 spiro atoms. The van der Waals surface area contributed by atoms with Crippen molar-refractivity contribution in [2.75, 3.05) is 0 Å². The first-order chi connectivity index (χ1) is 11.9. The van der Waals surface area contributed by atoms with Crippen LogP contribution in [0.4, 0.5) is 13.2 Å². The number of hydrogen-bond donors (Lipinski definition) is 1. The lowest BCUT2D eigenvalue weighted by Crippen LogP contribution is -2.05. The summed E-state index contributed by atoms with van der Waals surface area (Å²) in [5.74, 6) is 0.793. The monoisotopic (exact) mass is 366 g/mol. The number of hydrogen-bond acceptors (Lipinski definition) is 4. The fourth-order valence-corrected chi connectivity index (χ4v) is 3.12.